The lowest BCUT2D eigenvalue weighted by atomic mass is 9.74. The summed E-state index contributed by atoms with van der Waals surface area (Å²) in [5.74, 6) is 0.824. The number of hydrogen-bond donors (Lipinski definition) is 1. The maximum atomic E-state index is 3.54. The average molecular weight is 247 g/mol. The van der Waals surface area contributed by atoms with Crippen molar-refractivity contribution >= 4 is 0 Å². The van der Waals surface area contributed by atoms with Gasteiger partial charge in [0, 0.05) is 11.5 Å². The Balaban J connectivity index is 2.86. The third-order valence-corrected chi connectivity index (χ3v) is 4.46. The highest BCUT2D eigenvalue weighted by Crippen LogP contribution is 2.31. The van der Waals surface area contributed by atoms with Gasteiger partial charge in [0.1, 0.15) is 0 Å². The second kappa shape index (κ2) is 6.94. The lowest BCUT2D eigenvalue weighted by Gasteiger charge is -2.37. The minimum absolute atomic E-state index is 0.179. The SMILES string of the molecule is CCC(CC)CC(NC)C(C)(C)c1ccccc1. The van der Waals surface area contributed by atoms with Crippen LogP contribution < -0.4 is 5.32 Å². The zero-order chi connectivity index (χ0) is 13.6. The van der Waals surface area contributed by atoms with E-state index in [0.29, 0.717) is 6.04 Å². The van der Waals surface area contributed by atoms with Gasteiger partial charge in [-0.15, -0.1) is 0 Å². The molecule has 0 heterocycles. The molecule has 1 rings (SSSR count). The van der Waals surface area contributed by atoms with Gasteiger partial charge in [-0.25, -0.2) is 0 Å². The van der Waals surface area contributed by atoms with Gasteiger partial charge in [0.05, 0.1) is 0 Å². The fourth-order valence-corrected chi connectivity index (χ4v) is 2.80. The fourth-order valence-electron chi connectivity index (χ4n) is 2.80. The van der Waals surface area contributed by atoms with Gasteiger partial charge in [-0.05, 0) is 24.9 Å². The zero-order valence-electron chi connectivity index (χ0n) is 12.7. The van der Waals surface area contributed by atoms with Crippen molar-refractivity contribution in [1.29, 1.82) is 0 Å². The van der Waals surface area contributed by atoms with E-state index in [-0.39, 0.29) is 5.41 Å². The van der Waals surface area contributed by atoms with Crippen molar-refractivity contribution in [3.8, 4) is 0 Å². The molecule has 0 aromatic heterocycles. The Kier molecular flexibility index (Phi) is 5.87. The monoisotopic (exact) mass is 247 g/mol. The first-order valence-electron chi connectivity index (χ1n) is 7.29. The van der Waals surface area contributed by atoms with Crippen LogP contribution in [0.15, 0.2) is 30.3 Å². The van der Waals surface area contributed by atoms with Crippen LogP contribution in [0.4, 0.5) is 0 Å². The van der Waals surface area contributed by atoms with Crippen LogP contribution in [-0.4, -0.2) is 13.1 Å². The summed E-state index contributed by atoms with van der Waals surface area (Å²) < 4.78 is 0. The Bertz CT molecular complexity index is 325. The molecule has 0 bridgehead atoms. The molecule has 1 atom stereocenters. The summed E-state index contributed by atoms with van der Waals surface area (Å²) in [5, 5.41) is 3.54. The van der Waals surface area contributed by atoms with Crippen molar-refractivity contribution < 1.29 is 0 Å². The fraction of sp³-hybridized carbons (Fsp3) is 0.647. The molecule has 1 N–H and O–H groups in total. The summed E-state index contributed by atoms with van der Waals surface area (Å²) in [4.78, 5) is 0. The van der Waals surface area contributed by atoms with Gasteiger partial charge in [-0.3, -0.25) is 0 Å². The summed E-state index contributed by atoms with van der Waals surface area (Å²) in [6.07, 6.45) is 3.81. The second-order valence-electron chi connectivity index (χ2n) is 5.85. The molecule has 0 saturated heterocycles. The highest BCUT2D eigenvalue weighted by atomic mass is 14.9. The first-order chi connectivity index (χ1) is 8.56. The Morgan fingerprint density at radius 1 is 1.06 bits per heavy atom. The molecule has 1 nitrogen and oxygen atoms in total. The number of benzene rings is 1. The van der Waals surface area contributed by atoms with Crippen LogP contribution in [0.25, 0.3) is 0 Å². The predicted octanol–water partition coefficient (Wildman–Crippen LogP) is 4.38. The smallest absolute Gasteiger partial charge is 0.0158 e. The van der Waals surface area contributed by atoms with Gasteiger partial charge in [-0.2, -0.15) is 0 Å². The van der Waals surface area contributed by atoms with E-state index in [1.54, 1.807) is 0 Å². The van der Waals surface area contributed by atoms with E-state index in [0.717, 1.165) is 5.92 Å². The van der Waals surface area contributed by atoms with E-state index < -0.39 is 0 Å². The largest absolute Gasteiger partial charge is 0.316 e. The Morgan fingerprint density at radius 2 is 1.61 bits per heavy atom. The van der Waals surface area contributed by atoms with Crippen molar-refractivity contribution in [2.24, 2.45) is 5.92 Å². The molecule has 0 aliphatic heterocycles. The molecule has 0 spiro atoms. The van der Waals surface area contributed by atoms with E-state index in [1.807, 2.05) is 0 Å². The summed E-state index contributed by atoms with van der Waals surface area (Å²) in [6, 6.07) is 11.4. The molecular weight excluding hydrogens is 218 g/mol. The lowest BCUT2D eigenvalue weighted by Crippen LogP contribution is -2.44. The molecule has 18 heavy (non-hydrogen) atoms. The third kappa shape index (κ3) is 3.58. The van der Waals surface area contributed by atoms with Gasteiger partial charge in [-0.1, -0.05) is 70.9 Å². The number of rotatable bonds is 7. The maximum Gasteiger partial charge on any atom is 0.0158 e. The van der Waals surface area contributed by atoms with Crippen LogP contribution in [0.1, 0.15) is 52.5 Å². The van der Waals surface area contributed by atoms with Crippen LogP contribution in [-0.2, 0) is 5.41 Å². The van der Waals surface area contributed by atoms with E-state index in [2.05, 4.69) is 70.4 Å². The van der Waals surface area contributed by atoms with E-state index in [9.17, 15) is 0 Å². The Morgan fingerprint density at radius 3 is 2.06 bits per heavy atom. The predicted molar refractivity (Wildman–Crippen MR) is 81.0 cm³/mol. The minimum atomic E-state index is 0.179. The van der Waals surface area contributed by atoms with Crippen molar-refractivity contribution in [1.82, 2.24) is 5.32 Å². The minimum Gasteiger partial charge on any atom is -0.316 e. The molecule has 1 aromatic rings. The Labute approximate surface area is 113 Å². The summed E-state index contributed by atoms with van der Waals surface area (Å²) >= 11 is 0. The van der Waals surface area contributed by atoms with E-state index in [1.165, 1.54) is 24.8 Å². The molecule has 0 fully saturated rings. The standard InChI is InChI=1S/C17H29N/c1-6-14(7-2)13-16(18-5)17(3,4)15-11-9-8-10-12-15/h8-12,14,16,18H,6-7,13H2,1-5H3. The van der Waals surface area contributed by atoms with Crippen LogP contribution >= 0.6 is 0 Å². The molecule has 1 aromatic carbocycles. The van der Waals surface area contributed by atoms with Crippen LogP contribution in [0.5, 0.6) is 0 Å². The molecule has 0 aliphatic carbocycles. The van der Waals surface area contributed by atoms with Crippen molar-refractivity contribution in [2.45, 2.75) is 58.4 Å². The second-order valence-corrected chi connectivity index (χ2v) is 5.85. The van der Waals surface area contributed by atoms with Gasteiger partial charge in [0.15, 0.2) is 0 Å². The molecule has 0 aliphatic rings. The first kappa shape index (κ1) is 15.2. The maximum absolute atomic E-state index is 3.54. The Hall–Kier alpha value is -0.820. The first-order valence-corrected chi connectivity index (χ1v) is 7.29. The van der Waals surface area contributed by atoms with Gasteiger partial charge in [0.25, 0.3) is 0 Å². The third-order valence-electron chi connectivity index (χ3n) is 4.46. The normalized spacial score (nSPS) is 13.9. The van der Waals surface area contributed by atoms with Gasteiger partial charge >= 0.3 is 0 Å². The molecule has 0 amide bonds. The van der Waals surface area contributed by atoms with Crippen molar-refractivity contribution in [3.05, 3.63) is 35.9 Å². The summed E-state index contributed by atoms with van der Waals surface area (Å²) in [5.41, 5.74) is 1.61. The molecular formula is C17H29N. The molecule has 0 saturated carbocycles. The zero-order valence-corrected chi connectivity index (χ0v) is 12.7. The number of nitrogens with one attached hydrogen (secondary N) is 1. The molecule has 1 heteroatoms. The highest BCUT2D eigenvalue weighted by molar-refractivity contribution is 5.25. The van der Waals surface area contributed by atoms with Crippen LogP contribution in [0, 0.1) is 5.92 Å². The molecule has 1 unspecified atom stereocenters. The van der Waals surface area contributed by atoms with Gasteiger partial charge < -0.3 is 5.32 Å². The molecule has 0 radical (unpaired) electrons. The molecule has 102 valence electrons. The lowest BCUT2D eigenvalue weighted by molar-refractivity contribution is 0.283. The number of hydrogen-bond acceptors (Lipinski definition) is 1. The topological polar surface area (TPSA) is 12.0 Å². The van der Waals surface area contributed by atoms with Crippen molar-refractivity contribution in [2.75, 3.05) is 7.05 Å². The summed E-state index contributed by atoms with van der Waals surface area (Å²) in [6.45, 7) is 9.31. The quantitative estimate of drug-likeness (QED) is 0.754. The van der Waals surface area contributed by atoms with E-state index >= 15 is 0 Å². The van der Waals surface area contributed by atoms with Crippen LogP contribution in [0.3, 0.4) is 0 Å². The van der Waals surface area contributed by atoms with Gasteiger partial charge in [0.2, 0.25) is 0 Å². The van der Waals surface area contributed by atoms with E-state index in [4.69, 9.17) is 0 Å². The van der Waals surface area contributed by atoms with Crippen LogP contribution in [0.2, 0.25) is 0 Å². The summed E-state index contributed by atoms with van der Waals surface area (Å²) in [7, 11) is 2.09. The highest BCUT2D eigenvalue weighted by Gasteiger charge is 2.31. The van der Waals surface area contributed by atoms with Crippen molar-refractivity contribution in [3.63, 3.8) is 0 Å². The average Bonchev–Trinajstić information content (AvgIpc) is 2.41. The number of likely N-dealkylation sites (N-methyl/N-ethyl adjacent to an activating group) is 1.